The molecule has 0 spiro atoms. The molecule has 16 heavy (non-hydrogen) atoms. The van der Waals surface area contributed by atoms with Gasteiger partial charge in [-0.3, -0.25) is 0 Å². The number of hydrogen-bond acceptors (Lipinski definition) is 2. The van der Waals surface area contributed by atoms with Gasteiger partial charge in [0, 0.05) is 10.5 Å². The van der Waals surface area contributed by atoms with Gasteiger partial charge in [-0.2, -0.15) is 0 Å². The van der Waals surface area contributed by atoms with Crippen molar-refractivity contribution in [3.05, 3.63) is 34.1 Å². The Hall–Kier alpha value is -0.960. The van der Waals surface area contributed by atoms with Crippen molar-refractivity contribution in [2.75, 3.05) is 10.2 Å². The van der Waals surface area contributed by atoms with Crippen LogP contribution in [0.25, 0.3) is 0 Å². The average Bonchev–Trinajstić information content (AvgIpc) is 2.99. The van der Waals surface area contributed by atoms with Crippen LogP contribution in [-0.2, 0) is 0 Å². The Labute approximate surface area is 104 Å². The van der Waals surface area contributed by atoms with Crippen LogP contribution in [0.3, 0.4) is 0 Å². The van der Waals surface area contributed by atoms with Crippen LogP contribution in [0.2, 0.25) is 0 Å². The first kappa shape index (κ1) is 10.2. The molecule has 1 aliphatic heterocycles. The van der Waals surface area contributed by atoms with Crippen LogP contribution in [0.1, 0.15) is 26.7 Å². The average molecular weight is 279 g/mol. The van der Waals surface area contributed by atoms with Gasteiger partial charge in [-0.05, 0) is 60.3 Å². The molecule has 1 fully saturated rings. The van der Waals surface area contributed by atoms with Crippen LogP contribution in [0.15, 0.2) is 34.1 Å². The molecule has 1 N–H and O–H groups in total. The molecule has 2 aliphatic rings. The van der Waals surface area contributed by atoms with Crippen molar-refractivity contribution in [3.63, 3.8) is 0 Å². The molecule has 0 unspecified atom stereocenters. The van der Waals surface area contributed by atoms with Crippen LogP contribution in [0.4, 0.5) is 11.4 Å². The van der Waals surface area contributed by atoms with Gasteiger partial charge >= 0.3 is 0 Å². The number of benzene rings is 1. The fourth-order valence-electron chi connectivity index (χ4n) is 2.23. The maximum atomic E-state index is 3.61. The molecule has 1 aromatic rings. The topological polar surface area (TPSA) is 15.3 Å². The molecular weight excluding hydrogens is 264 g/mol. The van der Waals surface area contributed by atoms with Gasteiger partial charge in [0.1, 0.15) is 5.82 Å². The van der Waals surface area contributed by atoms with Crippen LogP contribution >= 0.6 is 15.9 Å². The van der Waals surface area contributed by atoms with Crippen LogP contribution in [0.5, 0.6) is 0 Å². The monoisotopic (exact) mass is 278 g/mol. The summed E-state index contributed by atoms with van der Waals surface area (Å²) in [5.41, 5.74) is 4.06. The normalized spacial score (nSPS) is 17.9. The van der Waals surface area contributed by atoms with E-state index < -0.39 is 0 Å². The van der Waals surface area contributed by atoms with E-state index in [2.05, 4.69) is 58.2 Å². The quantitative estimate of drug-likeness (QED) is 0.832. The lowest BCUT2D eigenvalue weighted by atomic mass is 10.2. The van der Waals surface area contributed by atoms with E-state index in [1.807, 2.05) is 0 Å². The van der Waals surface area contributed by atoms with Gasteiger partial charge in [-0.15, -0.1) is 0 Å². The lowest BCUT2D eigenvalue weighted by Gasteiger charge is -2.24. The van der Waals surface area contributed by atoms with Crippen molar-refractivity contribution < 1.29 is 0 Å². The molecule has 0 aromatic heterocycles. The Morgan fingerprint density at radius 2 is 2.06 bits per heavy atom. The minimum Gasteiger partial charge on any atom is -0.339 e. The number of rotatable bonds is 1. The molecule has 0 atom stereocenters. The summed E-state index contributed by atoms with van der Waals surface area (Å²) in [5.74, 6) is 1.32. The largest absolute Gasteiger partial charge is 0.339 e. The number of allylic oxidation sites excluding steroid dienone is 1. The summed E-state index contributed by atoms with van der Waals surface area (Å²) in [7, 11) is 0. The van der Waals surface area contributed by atoms with Crippen LogP contribution in [-0.4, -0.2) is 6.04 Å². The van der Waals surface area contributed by atoms with Crippen LogP contribution in [0, 0.1) is 0 Å². The summed E-state index contributed by atoms with van der Waals surface area (Å²) in [5, 5.41) is 3.55. The van der Waals surface area contributed by atoms with Gasteiger partial charge in [0.25, 0.3) is 0 Å². The third kappa shape index (κ3) is 1.46. The summed E-state index contributed by atoms with van der Waals surface area (Å²) in [6.07, 6.45) is 2.49. The van der Waals surface area contributed by atoms with E-state index in [4.69, 9.17) is 0 Å². The zero-order valence-corrected chi connectivity index (χ0v) is 11.1. The van der Waals surface area contributed by atoms with Gasteiger partial charge in [-0.1, -0.05) is 6.07 Å². The number of nitrogens with one attached hydrogen (secondary N) is 1. The lowest BCUT2D eigenvalue weighted by Crippen LogP contribution is -2.28. The van der Waals surface area contributed by atoms with Gasteiger partial charge in [0.2, 0.25) is 0 Å². The first-order valence-electron chi connectivity index (χ1n) is 5.75. The second kappa shape index (κ2) is 3.52. The summed E-state index contributed by atoms with van der Waals surface area (Å²) in [6.45, 7) is 4.47. The van der Waals surface area contributed by atoms with Crippen LogP contribution < -0.4 is 10.2 Å². The second-order valence-corrected chi connectivity index (χ2v) is 5.53. The summed E-state index contributed by atoms with van der Waals surface area (Å²) < 4.78 is 1.15. The number of anilines is 2. The number of fused-ring (bicyclic) bond motifs is 1. The van der Waals surface area contributed by atoms with Crippen molar-refractivity contribution >= 4 is 27.3 Å². The van der Waals surface area contributed by atoms with E-state index in [0.717, 1.165) is 4.47 Å². The fourth-order valence-corrected chi connectivity index (χ4v) is 2.69. The summed E-state index contributed by atoms with van der Waals surface area (Å²) >= 11 is 3.61. The fraction of sp³-hybridized carbons (Fsp3) is 0.385. The third-order valence-electron chi connectivity index (χ3n) is 3.09. The zero-order chi connectivity index (χ0) is 11.3. The van der Waals surface area contributed by atoms with Crippen molar-refractivity contribution in [1.82, 2.24) is 0 Å². The Kier molecular flexibility index (Phi) is 2.25. The van der Waals surface area contributed by atoms with Crippen molar-refractivity contribution in [2.24, 2.45) is 0 Å². The number of para-hydroxylation sites is 1. The van der Waals surface area contributed by atoms with Crippen molar-refractivity contribution in [2.45, 2.75) is 32.7 Å². The van der Waals surface area contributed by atoms with Gasteiger partial charge in [0.05, 0.1) is 11.4 Å². The predicted octanol–water partition coefficient (Wildman–Crippen LogP) is 4.09. The van der Waals surface area contributed by atoms with Gasteiger partial charge < -0.3 is 10.2 Å². The molecule has 3 heteroatoms. The van der Waals surface area contributed by atoms with E-state index in [0.29, 0.717) is 6.04 Å². The second-order valence-electron chi connectivity index (χ2n) is 4.67. The third-order valence-corrected chi connectivity index (χ3v) is 3.75. The standard InChI is InChI=1S/C13H15BrN2/c1-8(2)16-11-5-3-4-10(14)12(11)15-13(16)9-6-7-9/h3-5,8,15H,6-7H2,1-2H3. The van der Waals surface area contributed by atoms with Gasteiger partial charge in [-0.25, -0.2) is 0 Å². The summed E-state index contributed by atoms with van der Waals surface area (Å²) in [6, 6.07) is 6.86. The van der Waals surface area contributed by atoms with E-state index in [1.165, 1.54) is 30.0 Å². The molecule has 0 bridgehead atoms. The molecular formula is C13H15BrN2. The number of hydrogen-bond donors (Lipinski definition) is 1. The predicted molar refractivity (Wildman–Crippen MR) is 71.6 cm³/mol. The molecule has 1 saturated carbocycles. The van der Waals surface area contributed by atoms with Crippen molar-refractivity contribution in [1.29, 1.82) is 0 Å². The highest BCUT2D eigenvalue weighted by Crippen LogP contribution is 2.46. The first-order chi connectivity index (χ1) is 7.68. The highest BCUT2D eigenvalue weighted by atomic mass is 79.9. The van der Waals surface area contributed by atoms with E-state index in [9.17, 15) is 0 Å². The first-order valence-corrected chi connectivity index (χ1v) is 6.54. The molecule has 1 aromatic carbocycles. The van der Waals surface area contributed by atoms with E-state index in [-0.39, 0.29) is 0 Å². The maximum absolute atomic E-state index is 3.61. The van der Waals surface area contributed by atoms with Crippen molar-refractivity contribution in [3.8, 4) is 0 Å². The van der Waals surface area contributed by atoms with E-state index in [1.54, 1.807) is 5.57 Å². The highest BCUT2D eigenvalue weighted by Gasteiger charge is 2.32. The number of nitrogens with zero attached hydrogens (tertiary/aromatic N) is 1. The Balaban J connectivity index is 2.14. The molecule has 1 aliphatic carbocycles. The van der Waals surface area contributed by atoms with E-state index >= 15 is 0 Å². The maximum Gasteiger partial charge on any atom is 0.110 e. The minimum absolute atomic E-state index is 0.492. The minimum atomic E-state index is 0.492. The molecule has 1 heterocycles. The molecule has 0 amide bonds. The zero-order valence-electron chi connectivity index (χ0n) is 9.55. The SMILES string of the molecule is CC(C)N1C(=C2CC2)Nc2c(Br)cccc21. The smallest absolute Gasteiger partial charge is 0.110 e. The Bertz CT molecular complexity index is 471. The molecule has 2 nitrogen and oxygen atoms in total. The molecule has 0 saturated heterocycles. The Morgan fingerprint density at radius 3 is 2.69 bits per heavy atom. The summed E-state index contributed by atoms with van der Waals surface area (Å²) in [4.78, 5) is 2.41. The molecule has 0 radical (unpaired) electrons. The van der Waals surface area contributed by atoms with Gasteiger partial charge in [0.15, 0.2) is 0 Å². The lowest BCUT2D eigenvalue weighted by molar-refractivity contribution is 0.768. The highest BCUT2D eigenvalue weighted by molar-refractivity contribution is 9.10. The number of halogens is 1. The Morgan fingerprint density at radius 1 is 1.31 bits per heavy atom. The molecule has 84 valence electrons. The molecule has 3 rings (SSSR count).